The first-order valence-electron chi connectivity index (χ1n) is 4.90. The minimum absolute atomic E-state index is 0.0983. The fourth-order valence-corrected chi connectivity index (χ4v) is 0.938. The van der Waals surface area contributed by atoms with E-state index in [9.17, 15) is 4.79 Å². The average Bonchev–Trinajstić information content (AvgIpc) is 3.05. The Morgan fingerprint density at radius 1 is 1.67 bits per heavy atom. The first-order chi connectivity index (χ1) is 7.27. The van der Waals surface area contributed by atoms with E-state index < -0.39 is 0 Å². The lowest BCUT2D eigenvalue weighted by atomic mass is 10.3. The van der Waals surface area contributed by atoms with Crippen LogP contribution in [0.1, 0.15) is 6.92 Å². The lowest BCUT2D eigenvalue weighted by Crippen LogP contribution is -2.15. The summed E-state index contributed by atoms with van der Waals surface area (Å²) >= 11 is 0. The number of allylic oxidation sites excluding steroid dienone is 1. The summed E-state index contributed by atoms with van der Waals surface area (Å²) in [6.07, 6.45) is 3.43. The Kier molecular flexibility index (Phi) is 5.07. The number of esters is 1. The van der Waals surface area contributed by atoms with Gasteiger partial charge in [0.2, 0.25) is 0 Å². The van der Waals surface area contributed by atoms with Gasteiger partial charge < -0.3 is 14.2 Å². The molecule has 0 N–H and O–H groups in total. The Bertz CT molecular complexity index is 253. The van der Waals surface area contributed by atoms with Gasteiger partial charge >= 0.3 is 5.97 Å². The molecule has 0 aromatic heterocycles. The summed E-state index contributed by atoms with van der Waals surface area (Å²) in [6.45, 7) is 7.00. The largest absolute Gasteiger partial charge is 0.459 e. The second kappa shape index (κ2) is 6.37. The second-order valence-corrected chi connectivity index (χ2v) is 3.17. The van der Waals surface area contributed by atoms with Crippen molar-refractivity contribution in [3.05, 3.63) is 24.3 Å². The van der Waals surface area contributed by atoms with Crippen molar-refractivity contribution in [2.24, 2.45) is 0 Å². The number of rotatable bonds is 7. The summed E-state index contributed by atoms with van der Waals surface area (Å²) < 4.78 is 15.1. The van der Waals surface area contributed by atoms with E-state index >= 15 is 0 Å². The number of ether oxygens (including phenoxy) is 3. The van der Waals surface area contributed by atoms with Gasteiger partial charge in [0.25, 0.3) is 0 Å². The smallest absolute Gasteiger partial charge is 0.336 e. The molecule has 15 heavy (non-hydrogen) atoms. The van der Waals surface area contributed by atoms with Crippen LogP contribution in [0.4, 0.5) is 0 Å². The Labute approximate surface area is 89.5 Å². The quantitative estimate of drug-likeness (QED) is 0.208. The standard InChI is InChI=1S/C11H16O4/c1-3-5-13-6-9(4-2)11(12)15-8-10-7-14-10/h3-4,10H,1,5-8H2,2H3. The molecule has 0 saturated carbocycles. The van der Waals surface area contributed by atoms with Gasteiger partial charge in [0.1, 0.15) is 12.7 Å². The SMILES string of the molecule is C=CCOCC(=CC)C(=O)OCC1CO1. The Hall–Kier alpha value is -1.13. The van der Waals surface area contributed by atoms with Crippen LogP contribution in [0.2, 0.25) is 0 Å². The van der Waals surface area contributed by atoms with Crippen molar-refractivity contribution in [1.82, 2.24) is 0 Å². The summed E-state index contributed by atoms with van der Waals surface area (Å²) in [5.74, 6) is -0.336. The van der Waals surface area contributed by atoms with Crippen LogP contribution in [0.15, 0.2) is 24.3 Å². The predicted molar refractivity (Wildman–Crippen MR) is 55.5 cm³/mol. The van der Waals surface area contributed by atoms with Gasteiger partial charge in [-0.2, -0.15) is 0 Å². The molecule has 0 aromatic rings. The summed E-state index contributed by atoms with van der Waals surface area (Å²) in [4.78, 5) is 11.4. The molecule has 4 nitrogen and oxygen atoms in total. The molecule has 1 atom stereocenters. The number of hydrogen-bond acceptors (Lipinski definition) is 4. The zero-order valence-electron chi connectivity index (χ0n) is 8.90. The van der Waals surface area contributed by atoms with Crippen molar-refractivity contribution < 1.29 is 19.0 Å². The number of carbonyl (C=O) groups is 1. The molecule has 0 radical (unpaired) electrons. The molecule has 1 heterocycles. The van der Waals surface area contributed by atoms with E-state index in [0.717, 1.165) is 0 Å². The molecule has 84 valence electrons. The van der Waals surface area contributed by atoms with Crippen LogP contribution in [-0.4, -0.2) is 38.5 Å². The van der Waals surface area contributed by atoms with Crippen molar-refractivity contribution in [2.75, 3.05) is 26.4 Å². The summed E-state index contributed by atoms with van der Waals surface area (Å²) in [7, 11) is 0. The zero-order valence-corrected chi connectivity index (χ0v) is 8.90. The highest BCUT2D eigenvalue weighted by molar-refractivity contribution is 5.88. The second-order valence-electron chi connectivity index (χ2n) is 3.17. The zero-order chi connectivity index (χ0) is 11.1. The van der Waals surface area contributed by atoms with Gasteiger partial charge in [-0.3, -0.25) is 0 Å². The Morgan fingerprint density at radius 2 is 2.40 bits per heavy atom. The molecule has 0 amide bonds. The highest BCUT2D eigenvalue weighted by atomic mass is 16.6. The third kappa shape index (κ3) is 4.76. The van der Waals surface area contributed by atoms with Crippen LogP contribution in [0.5, 0.6) is 0 Å². The van der Waals surface area contributed by atoms with Gasteiger partial charge in [0.15, 0.2) is 0 Å². The van der Waals surface area contributed by atoms with Crippen molar-refractivity contribution in [2.45, 2.75) is 13.0 Å². The maximum absolute atomic E-state index is 11.4. The van der Waals surface area contributed by atoms with Crippen LogP contribution >= 0.6 is 0 Å². The van der Waals surface area contributed by atoms with Gasteiger partial charge in [-0.05, 0) is 6.92 Å². The maximum atomic E-state index is 11.4. The van der Waals surface area contributed by atoms with Crippen LogP contribution in [-0.2, 0) is 19.0 Å². The molecule has 1 aliphatic heterocycles. The average molecular weight is 212 g/mol. The fourth-order valence-electron chi connectivity index (χ4n) is 0.938. The molecule has 4 heteroatoms. The first-order valence-corrected chi connectivity index (χ1v) is 4.90. The van der Waals surface area contributed by atoms with E-state index in [0.29, 0.717) is 25.4 Å². The van der Waals surface area contributed by atoms with Crippen LogP contribution < -0.4 is 0 Å². The Morgan fingerprint density at radius 3 is 2.93 bits per heavy atom. The summed E-state index contributed by atoms with van der Waals surface area (Å²) in [5, 5.41) is 0. The van der Waals surface area contributed by atoms with E-state index in [4.69, 9.17) is 14.2 Å². The predicted octanol–water partition coefficient (Wildman–Crippen LogP) is 1.08. The molecule has 0 aliphatic carbocycles. The first kappa shape index (κ1) is 11.9. The topological polar surface area (TPSA) is 48.1 Å². The molecule has 1 unspecified atom stereocenters. The van der Waals surface area contributed by atoms with Gasteiger partial charge in [0, 0.05) is 0 Å². The molecule has 1 aliphatic rings. The molecule has 1 saturated heterocycles. The van der Waals surface area contributed by atoms with Crippen LogP contribution in [0.3, 0.4) is 0 Å². The van der Waals surface area contributed by atoms with Crippen LogP contribution in [0.25, 0.3) is 0 Å². The van der Waals surface area contributed by atoms with E-state index in [1.54, 1.807) is 19.1 Å². The van der Waals surface area contributed by atoms with Gasteiger partial charge in [0.05, 0.1) is 25.4 Å². The molecular weight excluding hydrogens is 196 g/mol. The summed E-state index contributed by atoms with van der Waals surface area (Å²) in [5.41, 5.74) is 0.525. The van der Waals surface area contributed by atoms with E-state index in [1.807, 2.05) is 0 Å². The number of epoxide rings is 1. The minimum Gasteiger partial charge on any atom is -0.459 e. The van der Waals surface area contributed by atoms with Crippen molar-refractivity contribution >= 4 is 5.97 Å². The third-order valence-electron chi connectivity index (χ3n) is 1.91. The van der Waals surface area contributed by atoms with E-state index in [1.165, 1.54) is 0 Å². The van der Waals surface area contributed by atoms with Gasteiger partial charge in [-0.15, -0.1) is 6.58 Å². The highest BCUT2D eigenvalue weighted by Crippen LogP contribution is 2.10. The van der Waals surface area contributed by atoms with Crippen LogP contribution in [0, 0.1) is 0 Å². The lowest BCUT2D eigenvalue weighted by Gasteiger charge is -2.06. The monoisotopic (exact) mass is 212 g/mol. The number of carbonyl (C=O) groups excluding carboxylic acids is 1. The van der Waals surface area contributed by atoms with Gasteiger partial charge in [-0.1, -0.05) is 12.2 Å². The summed E-state index contributed by atoms with van der Waals surface area (Å²) in [6, 6.07) is 0. The lowest BCUT2D eigenvalue weighted by molar-refractivity contribution is -0.140. The number of hydrogen-bond donors (Lipinski definition) is 0. The molecule has 1 fully saturated rings. The van der Waals surface area contributed by atoms with Crippen molar-refractivity contribution in [1.29, 1.82) is 0 Å². The highest BCUT2D eigenvalue weighted by Gasteiger charge is 2.24. The molecule has 0 spiro atoms. The third-order valence-corrected chi connectivity index (χ3v) is 1.91. The van der Waals surface area contributed by atoms with Crippen molar-refractivity contribution in [3.8, 4) is 0 Å². The van der Waals surface area contributed by atoms with Crippen molar-refractivity contribution in [3.63, 3.8) is 0 Å². The molecule has 0 bridgehead atoms. The Balaban J connectivity index is 2.22. The maximum Gasteiger partial charge on any atom is 0.336 e. The van der Waals surface area contributed by atoms with Gasteiger partial charge in [-0.25, -0.2) is 4.79 Å². The molecule has 0 aromatic carbocycles. The van der Waals surface area contributed by atoms with E-state index in [2.05, 4.69) is 6.58 Å². The van der Waals surface area contributed by atoms with E-state index in [-0.39, 0.29) is 18.7 Å². The normalized spacial score (nSPS) is 19.8. The fraction of sp³-hybridized carbons (Fsp3) is 0.545. The molecular formula is C11H16O4. The molecule has 1 rings (SSSR count). The minimum atomic E-state index is -0.336.